The van der Waals surface area contributed by atoms with E-state index in [2.05, 4.69) is 15.6 Å². The van der Waals surface area contributed by atoms with Crippen molar-refractivity contribution in [2.24, 2.45) is 0 Å². The molecule has 1 aliphatic rings. The summed E-state index contributed by atoms with van der Waals surface area (Å²) in [6, 6.07) is 7.80. The molecule has 1 aromatic heterocycles. The van der Waals surface area contributed by atoms with E-state index in [0.717, 1.165) is 43.9 Å². The molecule has 2 aromatic rings. The molecule has 1 aliphatic heterocycles. The molecule has 0 aliphatic carbocycles. The van der Waals surface area contributed by atoms with Gasteiger partial charge < -0.3 is 20.1 Å². The standard InChI is InChI=1S/C17H21N5OS/c23-16-6-2-10-22(16)15-5-1-4-14(12-15)20-17(24)19-7-3-9-21-11-8-18-13-21/h1,4-5,8,11-13H,2-3,6-7,9-10H2,(H2,19,20,24). The Labute approximate surface area is 146 Å². The van der Waals surface area contributed by atoms with Crippen LogP contribution in [0.25, 0.3) is 0 Å². The Bertz CT molecular complexity index is 701. The minimum absolute atomic E-state index is 0.187. The van der Waals surface area contributed by atoms with E-state index in [9.17, 15) is 4.79 Å². The van der Waals surface area contributed by atoms with Crippen molar-refractivity contribution in [3.05, 3.63) is 43.0 Å². The van der Waals surface area contributed by atoms with Crippen molar-refractivity contribution in [2.75, 3.05) is 23.3 Å². The third kappa shape index (κ3) is 4.32. The summed E-state index contributed by atoms with van der Waals surface area (Å²) in [7, 11) is 0. The molecule has 0 unspecified atom stereocenters. The molecule has 1 aromatic carbocycles. The number of carbonyl (C=O) groups is 1. The van der Waals surface area contributed by atoms with E-state index in [-0.39, 0.29) is 5.91 Å². The van der Waals surface area contributed by atoms with Crippen molar-refractivity contribution >= 4 is 34.6 Å². The minimum Gasteiger partial charge on any atom is -0.362 e. The van der Waals surface area contributed by atoms with Gasteiger partial charge in [-0.25, -0.2) is 4.98 Å². The van der Waals surface area contributed by atoms with Crippen LogP contribution in [-0.2, 0) is 11.3 Å². The number of aryl methyl sites for hydroxylation is 1. The van der Waals surface area contributed by atoms with Gasteiger partial charge in [-0.3, -0.25) is 4.79 Å². The second-order valence-corrected chi connectivity index (χ2v) is 6.14. The number of nitrogens with one attached hydrogen (secondary N) is 2. The second kappa shape index (κ2) is 7.92. The van der Waals surface area contributed by atoms with E-state index >= 15 is 0 Å². The Hall–Kier alpha value is -2.41. The third-order valence-corrected chi connectivity index (χ3v) is 4.17. The highest BCUT2D eigenvalue weighted by Gasteiger charge is 2.21. The van der Waals surface area contributed by atoms with E-state index in [4.69, 9.17) is 12.2 Å². The van der Waals surface area contributed by atoms with Gasteiger partial charge in [0.1, 0.15) is 0 Å². The number of nitrogens with zero attached hydrogens (tertiary/aromatic N) is 3. The van der Waals surface area contributed by atoms with Crippen molar-refractivity contribution in [1.29, 1.82) is 0 Å². The molecule has 1 fully saturated rings. The number of amides is 1. The molecule has 0 radical (unpaired) electrons. The fourth-order valence-corrected chi connectivity index (χ4v) is 2.95. The lowest BCUT2D eigenvalue weighted by atomic mass is 10.2. The van der Waals surface area contributed by atoms with Crippen molar-refractivity contribution in [1.82, 2.24) is 14.9 Å². The highest BCUT2D eigenvalue weighted by Crippen LogP contribution is 2.24. The lowest BCUT2D eigenvalue weighted by molar-refractivity contribution is -0.117. The number of rotatable bonds is 6. The molecule has 0 bridgehead atoms. The van der Waals surface area contributed by atoms with Gasteiger partial charge in [-0.2, -0.15) is 0 Å². The quantitative estimate of drug-likeness (QED) is 0.623. The van der Waals surface area contributed by atoms with Crippen LogP contribution in [0.3, 0.4) is 0 Å². The number of imidazole rings is 1. The maximum atomic E-state index is 11.8. The third-order valence-electron chi connectivity index (χ3n) is 3.93. The van der Waals surface area contributed by atoms with E-state index in [1.807, 2.05) is 46.3 Å². The van der Waals surface area contributed by atoms with Crippen LogP contribution in [0.1, 0.15) is 19.3 Å². The van der Waals surface area contributed by atoms with Crippen molar-refractivity contribution in [3.63, 3.8) is 0 Å². The van der Waals surface area contributed by atoms with Gasteiger partial charge in [0.15, 0.2) is 5.11 Å². The Balaban J connectivity index is 1.46. The molecule has 0 atom stereocenters. The molecule has 7 heteroatoms. The van der Waals surface area contributed by atoms with Crippen LogP contribution in [0.2, 0.25) is 0 Å². The normalized spacial score (nSPS) is 14.0. The van der Waals surface area contributed by atoms with Gasteiger partial charge in [0.2, 0.25) is 5.91 Å². The largest absolute Gasteiger partial charge is 0.362 e. The smallest absolute Gasteiger partial charge is 0.227 e. The summed E-state index contributed by atoms with van der Waals surface area (Å²) >= 11 is 5.33. The van der Waals surface area contributed by atoms with Crippen molar-refractivity contribution in [2.45, 2.75) is 25.8 Å². The number of carbonyl (C=O) groups excluding carboxylic acids is 1. The monoisotopic (exact) mass is 343 g/mol. The Kier molecular flexibility index (Phi) is 5.43. The molecule has 0 saturated carbocycles. The first-order valence-corrected chi connectivity index (χ1v) is 8.54. The summed E-state index contributed by atoms with van der Waals surface area (Å²) in [5.41, 5.74) is 1.81. The lowest BCUT2D eigenvalue weighted by Crippen LogP contribution is -2.30. The predicted octanol–water partition coefficient (Wildman–Crippen LogP) is 2.39. The number of aromatic nitrogens is 2. The lowest BCUT2D eigenvalue weighted by Gasteiger charge is -2.17. The molecule has 3 rings (SSSR count). The minimum atomic E-state index is 0.187. The van der Waals surface area contributed by atoms with E-state index in [1.165, 1.54) is 0 Å². The number of benzene rings is 1. The fraction of sp³-hybridized carbons (Fsp3) is 0.353. The first kappa shape index (κ1) is 16.4. The van der Waals surface area contributed by atoms with E-state index < -0.39 is 0 Å². The molecular weight excluding hydrogens is 322 g/mol. The average molecular weight is 343 g/mol. The maximum Gasteiger partial charge on any atom is 0.227 e. The zero-order valence-electron chi connectivity index (χ0n) is 13.4. The van der Waals surface area contributed by atoms with Gasteiger partial charge in [0, 0.05) is 49.8 Å². The molecule has 0 spiro atoms. The van der Waals surface area contributed by atoms with Crippen molar-refractivity contribution < 1.29 is 4.79 Å². The molecule has 6 nitrogen and oxygen atoms in total. The highest BCUT2D eigenvalue weighted by molar-refractivity contribution is 7.80. The molecule has 1 saturated heterocycles. The zero-order valence-corrected chi connectivity index (χ0v) is 14.3. The van der Waals surface area contributed by atoms with Gasteiger partial charge in [0.25, 0.3) is 0 Å². The Morgan fingerprint density at radius 3 is 3.04 bits per heavy atom. The van der Waals surface area contributed by atoms with Gasteiger partial charge in [-0.05, 0) is 43.3 Å². The summed E-state index contributed by atoms with van der Waals surface area (Å²) < 4.78 is 2.04. The summed E-state index contributed by atoms with van der Waals surface area (Å²) in [6.45, 7) is 2.48. The van der Waals surface area contributed by atoms with Gasteiger partial charge in [0.05, 0.1) is 6.33 Å². The molecule has 1 amide bonds. The highest BCUT2D eigenvalue weighted by atomic mass is 32.1. The predicted molar refractivity (Wildman–Crippen MR) is 99.1 cm³/mol. The van der Waals surface area contributed by atoms with Gasteiger partial charge in [-0.15, -0.1) is 0 Å². The van der Waals surface area contributed by atoms with Crippen LogP contribution < -0.4 is 15.5 Å². The van der Waals surface area contributed by atoms with Crippen LogP contribution in [0.4, 0.5) is 11.4 Å². The Morgan fingerprint density at radius 2 is 2.29 bits per heavy atom. The van der Waals surface area contributed by atoms with E-state index in [0.29, 0.717) is 11.5 Å². The van der Waals surface area contributed by atoms with Crippen molar-refractivity contribution in [3.8, 4) is 0 Å². The topological polar surface area (TPSA) is 62.2 Å². The summed E-state index contributed by atoms with van der Waals surface area (Å²) in [5, 5.41) is 6.96. The summed E-state index contributed by atoms with van der Waals surface area (Å²) in [5.74, 6) is 0.187. The van der Waals surface area contributed by atoms with Gasteiger partial charge >= 0.3 is 0 Å². The molecule has 2 N–H and O–H groups in total. The van der Waals surface area contributed by atoms with Crippen LogP contribution in [0.15, 0.2) is 43.0 Å². The molecule has 24 heavy (non-hydrogen) atoms. The van der Waals surface area contributed by atoms with Crippen LogP contribution in [0.5, 0.6) is 0 Å². The van der Waals surface area contributed by atoms with Crippen LogP contribution in [-0.4, -0.2) is 33.7 Å². The number of hydrogen-bond acceptors (Lipinski definition) is 3. The van der Waals surface area contributed by atoms with E-state index in [1.54, 1.807) is 6.20 Å². The first-order chi connectivity index (χ1) is 11.7. The maximum absolute atomic E-state index is 11.8. The van der Waals surface area contributed by atoms with Gasteiger partial charge in [-0.1, -0.05) is 6.07 Å². The van der Waals surface area contributed by atoms with Crippen LogP contribution >= 0.6 is 12.2 Å². The molecular formula is C17H21N5OS. The fourth-order valence-electron chi connectivity index (χ4n) is 2.73. The summed E-state index contributed by atoms with van der Waals surface area (Å²) in [4.78, 5) is 17.7. The second-order valence-electron chi connectivity index (χ2n) is 5.73. The molecule has 2 heterocycles. The molecule has 126 valence electrons. The first-order valence-electron chi connectivity index (χ1n) is 8.13. The number of hydrogen-bond donors (Lipinski definition) is 2. The average Bonchev–Trinajstić information content (AvgIpc) is 3.23. The van der Waals surface area contributed by atoms with Crippen LogP contribution in [0, 0.1) is 0 Å². The number of thiocarbonyl (C=S) groups is 1. The SMILES string of the molecule is O=C1CCCN1c1cccc(NC(=S)NCCCn2ccnc2)c1. The zero-order chi connectivity index (χ0) is 16.8. The Morgan fingerprint density at radius 1 is 1.38 bits per heavy atom. The summed E-state index contributed by atoms with van der Waals surface area (Å²) in [6.07, 6.45) is 8.05. The number of anilines is 2.